The number of hydrogen-bond donors (Lipinski definition) is 1. The van der Waals surface area contributed by atoms with E-state index in [1.807, 2.05) is 32.9 Å². The van der Waals surface area contributed by atoms with Crippen LogP contribution in [0.25, 0.3) is 0 Å². The summed E-state index contributed by atoms with van der Waals surface area (Å²) in [5, 5.41) is 3.44. The molecule has 1 rings (SSSR count). The summed E-state index contributed by atoms with van der Waals surface area (Å²) in [4.78, 5) is 0. The van der Waals surface area contributed by atoms with Crippen molar-refractivity contribution in [3.8, 4) is 11.5 Å². The van der Waals surface area contributed by atoms with Gasteiger partial charge in [0.2, 0.25) is 0 Å². The average Bonchev–Trinajstić information content (AvgIpc) is 2.46. The van der Waals surface area contributed by atoms with Crippen molar-refractivity contribution in [2.75, 3.05) is 19.8 Å². The third kappa shape index (κ3) is 8.04. The summed E-state index contributed by atoms with van der Waals surface area (Å²) in [6.07, 6.45) is 1.42. The third-order valence-electron chi connectivity index (χ3n) is 3.04. The van der Waals surface area contributed by atoms with Crippen LogP contribution < -0.4 is 14.8 Å². The fraction of sp³-hybridized carbons (Fsp3) is 0.667. The molecule has 23 heavy (non-hydrogen) atoms. The Balaban J connectivity index is 2.59. The Bertz CT molecular complexity index is 464. The van der Waals surface area contributed by atoms with Gasteiger partial charge < -0.3 is 19.5 Å². The second-order valence-corrected chi connectivity index (χ2v) is 6.79. The monoisotopic (exact) mass is 387 g/mol. The van der Waals surface area contributed by atoms with Crippen LogP contribution in [0.2, 0.25) is 0 Å². The molecular weight excluding hydrogens is 358 g/mol. The smallest absolute Gasteiger partial charge is 0.162 e. The van der Waals surface area contributed by atoms with Crippen molar-refractivity contribution in [3.63, 3.8) is 0 Å². The second-order valence-electron chi connectivity index (χ2n) is 5.94. The summed E-state index contributed by atoms with van der Waals surface area (Å²) in [7, 11) is 0. The molecule has 132 valence electrons. The van der Waals surface area contributed by atoms with Crippen molar-refractivity contribution < 1.29 is 14.2 Å². The molecule has 0 unspecified atom stereocenters. The van der Waals surface area contributed by atoms with E-state index in [1.165, 1.54) is 0 Å². The lowest BCUT2D eigenvalue weighted by molar-refractivity contribution is 0.0770. The molecule has 0 aliphatic heterocycles. The minimum absolute atomic E-state index is 0.117. The molecule has 1 N–H and O–H groups in total. The third-order valence-corrected chi connectivity index (χ3v) is 3.78. The largest absolute Gasteiger partial charge is 0.490 e. The minimum Gasteiger partial charge on any atom is -0.490 e. The summed E-state index contributed by atoms with van der Waals surface area (Å²) in [5.74, 6) is 1.58. The van der Waals surface area contributed by atoms with Gasteiger partial charge in [-0.2, -0.15) is 0 Å². The molecule has 0 fully saturated rings. The molecule has 0 radical (unpaired) electrons. The molecule has 0 saturated heterocycles. The Labute approximate surface area is 149 Å². The van der Waals surface area contributed by atoms with Crippen molar-refractivity contribution >= 4 is 15.9 Å². The molecule has 0 bridgehead atoms. The number of nitrogens with one attached hydrogen (secondary N) is 1. The number of rotatable bonds is 11. The van der Waals surface area contributed by atoms with Crippen LogP contribution in [0.1, 0.15) is 46.6 Å². The summed E-state index contributed by atoms with van der Waals surface area (Å²) in [6.45, 7) is 13.2. The van der Waals surface area contributed by atoms with Crippen LogP contribution in [0.3, 0.4) is 0 Å². The molecule has 0 aromatic heterocycles. The Kier molecular flexibility index (Phi) is 9.60. The van der Waals surface area contributed by atoms with E-state index in [9.17, 15) is 0 Å². The quantitative estimate of drug-likeness (QED) is 0.565. The normalized spacial score (nSPS) is 11.3. The molecule has 0 atom stereocenters. The molecule has 0 aliphatic rings. The fourth-order valence-corrected chi connectivity index (χ4v) is 2.53. The van der Waals surface area contributed by atoms with Crippen LogP contribution in [0.15, 0.2) is 16.6 Å². The molecule has 1 aromatic carbocycles. The van der Waals surface area contributed by atoms with Gasteiger partial charge >= 0.3 is 0 Å². The molecule has 0 amide bonds. The van der Waals surface area contributed by atoms with Crippen LogP contribution >= 0.6 is 15.9 Å². The Hall–Kier alpha value is -0.780. The molecule has 0 aliphatic carbocycles. The average molecular weight is 388 g/mol. The molecule has 0 saturated carbocycles. The summed E-state index contributed by atoms with van der Waals surface area (Å²) in [6, 6.07) is 4.03. The predicted molar refractivity (Wildman–Crippen MR) is 98.5 cm³/mol. The van der Waals surface area contributed by atoms with Gasteiger partial charge in [-0.15, -0.1) is 0 Å². The van der Waals surface area contributed by atoms with E-state index < -0.39 is 0 Å². The maximum absolute atomic E-state index is 5.82. The highest BCUT2D eigenvalue weighted by Crippen LogP contribution is 2.34. The molecule has 1 aromatic rings. The number of ether oxygens (including phenoxy) is 3. The Morgan fingerprint density at radius 1 is 1.09 bits per heavy atom. The van der Waals surface area contributed by atoms with Crippen LogP contribution in [-0.4, -0.2) is 32.0 Å². The maximum atomic E-state index is 5.82. The van der Waals surface area contributed by atoms with Gasteiger partial charge in [-0.3, -0.25) is 0 Å². The SMILES string of the molecule is CCOc1cc(CNCCCOC(C)C)c(Br)cc1OC(C)C. The van der Waals surface area contributed by atoms with E-state index in [0.717, 1.165) is 47.7 Å². The Morgan fingerprint density at radius 3 is 2.43 bits per heavy atom. The molecule has 5 heteroatoms. The molecule has 0 spiro atoms. The van der Waals surface area contributed by atoms with Gasteiger partial charge in [-0.05, 0) is 65.3 Å². The number of benzene rings is 1. The highest BCUT2D eigenvalue weighted by Gasteiger charge is 2.12. The minimum atomic E-state index is 0.117. The first-order valence-corrected chi connectivity index (χ1v) is 9.17. The topological polar surface area (TPSA) is 39.7 Å². The molecule has 4 nitrogen and oxygen atoms in total. The van der Waals surface area contributed by atoms with E-state index in [1.54, 1.807) is 0 Å². The fourth-order valence-electron chi connectivity index (χ4n) is 2.07. The van der Waals surface area contributed by atoms with Gasteiger partial charge in [0.15, 0.2) is 11.5 Å². The highest BCUT2D eigenvalue weighted by atomic mass is 79.9. The van der Waals surface area contributed by atoms with Gasteiger partial charge in [0.1, 0.15) is 0 Å². The van der Waals surface area contributed by atoms with E-state index >= 15 is 0 Å². The van der Waals surface area contributed by atoms with E-state index in [2.05, 4.69) is 35.1 Å². The van der Waals surface area contributed by atoms with Gasteiger partial charge in [-0.25, -0.2) is 0 Å². The standard InChI is InChI=1S/C18H30BrNO3/c1-6-21-17-10-15(12-20-8-7-9-22-13(2)3)16(19)11-18(17)23-14(4)5/h10-11,13-14,20H,6-9,12H2,1-5H3. The summed E-state index contributed by atoms with van der Waals surface area (Å²) < 4.78 is 18.1. The zero-order chi connectivity index (χ0) is 17.2. The van der Waals surface area contributed by atoms with E-state index in [-0.39, 0.29) is 6.10 Å². The lowest BCUT2D eigenvalue weighted by Gasteiger charge is -2.17. The van der Waals surface area contributed by atoms with Crippen LogP contribution in [0.4, 0.5) is 0 Å². The zero-order valence-electron chi connectivity index (χ0n) is 14.9. The molecule has 0 heterocycles. The van der Waals surface area contributed by atoms with Crippen molar-refractivity contribution in [3.05, 3.63) is 22.2 Å². The summed E-state index contributed by atoms with van der Waals surface area (Å²) in [5.41, 5.74) is 1.16. The molecular formula is C18H30BrNO3. The second kappa shape index (κ2) is 10.9. The van der Waals surface area contributed by atoms with Crippen molar-refractivity contribution in [1.82, 2.24) is 5.32 Å². The lowest BCUT2D eigenvalue weighted by Crippen LogP contribution is -2.18. The zero-order valence-corrected chi connectivity index (χ0v) is 16.5. The van der Waals surface area contributed by atoms with Crippen LogP contribution in [0, 0.1) is 0 Å². The van der Waals surface area contributed by atoms with Crippen molar-refractivity contribution in [1.29, 1.82) is 0 Å². The highest BCUT2D eigenvalue weighted by molar-refractivity contribution is 9.10. The maximum Gasteiger partial charge on any atom is 0.162 e. The first-order valence-electron chi connectivity index (χ1n) is 8.38. The lowest BCUT2D eigenvalue weighted by atomic mass is 10.2. The first-order chi connectivity index (χ1) is 10.9. The number of hydrogen-bond acceptors (Lipinski definition) is 4. The van der Waals surface area contributed by atoms with Crippen LogP contribution in [0.5, 0.6) is 11.5 Å². The summed E-state index contributed by atoms with van der Waals surface area (Å²) >= 11 is 3.62. The van der Waals surface area contributed by atoms with Crippen molar-refractivity contribution in [2.24, 2.45) is 0 Å². The van der Waals surface area contributed by atoms with Gasteiger partial charge in [0.05, 0.1) is 18.8 Å². The van der Waals surface area contributed by atoms with Gasteiger partial charge in [-0.1, -0.05) is 15.9 Å². The Morgan fingerprint density at radius 2 is 1.83 bits per heavy atom. The predicted octanol–water partition coefficient (Wildman–Crippen LogP) is 4.54. The number of halogens is 1. The van der Waals surface area contributed by atoms with Gasteiger partial charge in [0.25, 0.3) is 0 Å². The first kappa shape index (κ1) is 20.3. The van der Waals surface area contributed by atoms with Crippen LogP contribution in [-0.2, 0) is 11.3 Å². The van der Waals surface area contributed by atoms with E-state index in [4.69, 9.17) is 14.2 Å². The van der Waals surface area contributed by atoms with Crippen molar-refractivity contribution in [2.45, 2.75) is 59.8 Å². The van der Waals surface area contributed by atoms with Gasteiger partial charge in [0, 0.05) is 17.6 Å². The van der Waals surface area contributed by atoms with E-state index in [0.29, 0.717) is 12.7 Å².